The summed E-state index contributed by atoms with van der Waals surface area (Å²) in [6.07, 6.45) is 3.22. The van der Waals surface area contributed by atoms with Gasteiger partial charge in [-0.15, -0.1) is 0 Å². The topological polar surface area (TPSA) is 87.5 Å². The minimum Gasteiger partial charge on any atom is -0.481 e. The first-order valence-electron chi connectivity index (χ1n) is 6.57. The van der Waals surface area contributed by atoms with Gasteiger partial charge in [0.25, 0.3) is 0 Å². The molecule has 2 amide bonds. The van der Waals surface area contributed by atoms with Crippen LogP contribution in [0.5, 0.6) is 0 Å². The molecule has 2 N–H and O–H groups in total. The summed E-state index contributed by atoms with van der Waals surface area (Å²) in [5.74, 6) is -0.925. The number of urea groups is 1. The molecule has 0 aromatic carbocycles. The van der Waals surface area contributed by atoms with E-state index in [4.69, 9.17) is 5.11 Å². The van der Waals surface area contributed by atoms with Gasteiger partial charge in [-0.1, -0.05) is 0 Å². The van der Waals surface area contributed by atoms with Gasteiger partial charge in [0.1, 0.15) is 0 Å². The average molecular weight is 282 g/mol. The summed E-state index contributed by atoms with van der Waals surface area (Å²) in [6, 6.07) is -0.325. The highest BCUT2D eigenvalue weighted by atomic mass is 16.4. The van der Waals surface area contributed by atoms with Crippen LogP contribution in [0, 0.1) is 0 Å². The number of aromatic nitrogens is 2. The molecule has 0 aliphatic rings. The van der Waals surface area contributed by atoms with Crippen LogP contribution in [-0.2, 0) is 11.3 Å². The van der Waals surface area contributed by atoms with Gasteiger partial charge in [-0.2, -0.15) is 5.10 Å². The molecule has 7 heteroatoms. The number of nitrogens with zero attached hydrogens (tertiary/aromatic N) is 3. The van der Waals surface area contributed by atoms with Crippen molar-refractivity contribution >= 4 is 17.7 Å². The maximum Gasteiger partial charge on any atom is 0.322 e. The van der Waals surface area contributed by atoms with Crippen LogP contribution in [0.15, 0.2) is 12.4 Å². The zero-order valence-electron chi connectivity index (χ0n) is 12.4. The molecule has 112 valence electrons. The Morgan fingerprint density at radius 1 is 1.45 bits per heavy atom. The number of aliphatic carboxylic acids is 1. The lowest BCUT2D eigenvalue weighted by Crippen LogP contribution is -2.48. The van der Waals surface area contributed by atoms with Crippen molar-refractivity contribution in [2.75, 3.05) is 11.9 Å². The number of carboxylic acid groups (broad SMARTS) is 1. The molecule has 1 aromatic rings. The summed E-state index contributed by atoms with van der Waals surface area (Å²) in [6.45, 7) is 8.43. The number of hydrogen-bond donors (Lipinski definition) is 2. The molecule has 0 fully saturated rings. The van der Waals surface area contributed by atoms with Crippen LogP contribution in [0.1, 0.15) is 34.1 Å². The van der Waals surface area contributed by atoms with Crippen LogP contribution in [0.4, 0.5) is 10.5 Å². The molecule has 0 aliphatic carbocycles. The summed E-state index contributed by atoms with van der Waals surface area (Å²) in [4.78, 5) is 24.4. The lowest BCUT2D eigenvalue weighted by Gasteiger charge is -2.35. The molecule has 0 bridgehead atoms. The summed E-state index contributed by atoms with van der Waals surface area (Å²) in [5.41, 5.74) is 0.140. The smallest absolute Gasteiger partial charge is 0.322 e. The molecule has 1 heterocycles. The summed E-state index contributed by atoms with van der Waals surface area (Å²) in [7, 11) is 0. The number of carbonyl (C=O) groups is 2. The van der Waals surface area contributed by atoms with Crippen molar-refractivity contribution in [2.24, 2.45) is 0 Å². The van der Waals surface area contributed by atoms with E-state index in [0.29, 0.717) is 5.69 Å². The highest BCUT2D eigenvalue weighted by molar-refractivity contribution is 5.89. The molecule has 0 unspecified atom stereocenters. The first kappa shape index (κ1) is 16.0. The van der Waals surface area contributed by atoms with E-state index < -0.39 is 11.5 Å². The van der Waals surface area contributed by atoms with Gasteiger partial charge >= 0.3 is 12.0 Å². The molecule has 1 rings (SSSR count). The predicted molar refractivity (Wildman–Crippen MR) is 75.6 cm³/mol. The fourth-order valence-corrected chi connectivity index (χ4v) is 1.74. The molecule has 20 heavy (non-hydrogen) atoms. The average Bonchev–Trinajstić information content (AvgIpc) is 2.74. The largest absolute Gasteiger partial charge is 0.481 e. The van der Waals surface area contributed by atoms with Gasteiger partial charge < -0.3 is 15.3 Å². The third-order valence-corrected chi connectivity index (χ3v) is 2.81. The number of aryl methyl sites for hydroxylation is 1. The zero-order valence-corrected chi connectivity index (χ0v) is 12.4. The minimum absolute atomic E-state index is 0.0844. The normalized spacial score (nSPS) is 11.2. The Balaban J connectivity index is 2.74. The Labute approximate surface area is 118 Å². The van der Waals surface area contributed by atoms with Crippen LogP contribution >= 0.6 is 0 Å². The van der Waals surface area contributed by atoms with E-state index >= 15 is 0 Å². The van der Waals surface area contributed by atoms with Crippen LogP contribution in [0.2, 0.25) is 0 Å². The molecule has 0 saturated carbocycles. The highest BCUT2D eigenvalue weighted by Gasteiger charge is 2.27. The number of carbonyl (C=O) groups excluding carboxylic acids is 1. The van der Waals surface area contributed by atoms with Gasteiger partial charge in [0.2, 0.25) is 0 Å². The molecular formula is C13H22N4O3. The van der Waals surface area contributed by atoms with Crippen molar-refractivity contribution in [3.05, 3.63) is 12.4 Å². The lowest BCUT2D eigenvalue weighted by atomic mass is 10.1. The van der Waals surface area contributed by atoms with Crippen molar-refractivity contribution in [2.45, 2.75) is 46.2 Å². The first-order valence-corrected chi connectivity index (χ1v) is 6.57. The van der Waals surface area contributed by atoms with E-state index in [0.717, 1.165) is 6.54 Å². The Bertz CT molecular complexity index is 476. The van der Waals surface area contributed by atoms with Crippen molar-refractivity contribution < 1.29 is 14.7 Å². The quantitative estimate of drug-likeness (QED) is 0.864. The van der Waals surface area contributed by atoms with Crippen LogP contribution < -0.4 is 5.32 Å². The fourth-order valence-electron chi connectivity index (χ4n) is 1.74. The van der Waals surface area contributed by atoms with Crippen molar-refractivity contribution in [3.63, 3.8) is 0 Å². The highest BCUT2D eigenvalue weighted by Crippen LogP contribution is 2.16. The summed E-state index contributed by atoms with van der Waals surface area (Å²) >= 11 is 0. The standard InChI is InChI=1S/C13H22N4O3/c1-5-16-9-10(8-14-16)15-12(20)17(13(2,3)4)7-6-11(18)19/h8-9H,5-7H2,1-4H3,(H,15,20)(H,18,19). The van der Waals surface area contributed by atoms with E-state index in [1.54, 1.807) is 17.1 Å². The second kappa shape index (κ2) is 6.40. The van der Waals surface area contributed by atoms with Crippen LogP contribution in [0.3, 0.4) is 0 Å². The van der Waals surface area contributed by atoms with Gasteiger partial charge in [0.15, 0.2) is 0 Å². The Hall–Kier alpha value is -2.05. The van der Waals surface area contributed by atoms with Crippen molar-refractivity contribution in [3.8, 4) is 0 Å². The predicted octanol–water partition coefficient (Wildman–Crippen LogP) is 2.01. The van der Waals surface area contributed by atoms with E-state index in [2.05, 4.69) is 10.4 Å². The molecule has 7 nitrogen and oxygen atoms in total. The van der Waals surface area contributed by atoms with E-state index in [1.165, 1.54) is 4.90 Å². The van der Waals surface area contributed by atoms with Gasteiger partial charge in [-0.3, -0.25) is 9.48 Å². The maximum absolute atomic E-state index is 12.3. The first-order chi connectivity index (χ1) is 9.24. The number of hydrogen-bond acceptors (Lipinski definition) is 3. The second-order valence-corrected chi connectivity index (χ2v) is 5.48. The Morgan fingerprint density at radius 3 is 2.55 bits per heavy atom. The number of amides is 2. The number of anilines is 1. The summed E-state index contributed by atoms with van der Waals surface area (Å²) < 4.78 is 1.70. The number of carboxylic acids is 1. The maximum atomic E-state index is 12.3. The Kier molecular flexibility index (Phi) is 5.12. The molecule has 0 aliphatic heterocycles. The lowest BCUT2D eigenvalue weighted by molar-refractivity contribution is -0.137. The summed E-state index contributed by atoms with van der Waals surface area (Å²) in [5, 5.41) is 15.6. The monoisotopic (exact) mass is 282 g/mol. The Morgan fingerprint density at radius 2 is 2.10 bits per heavy atom. The molecular weight excluding hydrogens is 260 g/mol. The van der Waals surface area contributed by atoms with E-state index in [-0.39, 0.29) is 19.0 Å². The molecule has 1 aromatic heterocycles. The van der Waals surface area contributed by atoms with Crippen molar-refractivity contribution in [1.29, 1.82) is 0 Å². The molecule has 0 saturated heterocycles. The molecule has 0 atom stereocenters. The minimum atomic E-state index is -0.925. The van der Waals surface area contributed by atoms with Gasteiger partial charge in [-0.25, -0.2) is 4.79 Å². The van der Waals surface area contributed by atoms with Crippen molar-refractivity contribution in [1.82, 2.24) is 14.7 Å². The van der Waals surface area contributed by atoms with Gasteiger partial charge in [0.05, 0.1) is 18.3 Å². The second-order valence-electron chi connectivity index (χ2n) is 5.48. The number of rotatable bonds is 5. The fraction of sp³-hybridized carbons (Fsp3) is 0.615. The zero-order chi connectivity index (χ0) is 15.3. The molecule has 0 spiro atoms. The van der Waals surface area contributed by atoms with Crippen LogP contribution in [0.25, 0.3) is 0 Å². The number of nitrogens with one attached hydrogen (secondary N) is 1. The van der Waals surface area contributed by atoms with E-state index in [1.807, 2.05) is 27.7 Å². The van der Waals surface area contributed by atoms with Gasteiger partial charge in [-0.05, 0) is 27.7 Å². The third-order valence-electron chi connectivity index (χ3n) is 2.81. The third kappa shape index (κ3) is 4.56. The molecule has 0 radical (unpaired) electrons. The van der Waals surface area contributed by atoms with Crippen LogP contribution in [-0.4, -0.2) is 43.9 Å². The van der Waals surface area contributed by atoms with E-state index in [9.17, 15) is 9.59 Å². The SMILES string of the molecule is CCn1cc(NC(=O)N(CCC(=O)O)C(C)(C)C)cn1. The van der Waals surface area contributed by atoms with Gasteiger partial charge in [0, 0.05) is 24.8 Å².